The maximum absolute atomic E-state index is 13.0. The second-order valence-electron chi connectivity index (χ2n) is 8.19. The molecule has 0 spiro atoms. The molecule has 0 heterocycles. The van der Waals surface area contributed by atoms with Crippen LogP contribution in [0.25, 0.3) is 0 Å². The van der Waals surface area contributed by atoms with Crippen LogP contribution in [0.3, 0.4) is 0 Å². The first-order valence-corrected chi connectivity index (χ1v) is 11.7. The van der Waals surface area contributed by atoms with Gasteiger partial charge in [-0.25, -0.2) is 0 Å². The summed E-state index contributed by atoms with van der Waals surface area (Å²) in [5, 5.41) is 7.19. The van der Waals surface area contributed by atoms with Crippen LogP contribution in [0.5, 0.6) is 0 Å². The maximum atomic E-state index is 13.0. The first kappa shape index (κ1) is 23.4. The fraction of sp³-hybridized carbons (Fsp3) is 0.269. The van der Waals surface area contributed by atoms with Crippen LogP contribution in [0.15, 0.2) is 71.2 Å². The van der Waals surface area contributed by atoms with Gasteiger partial charge in [-0.05, 0) is 60.2 Å². The van der Waals surface area contributed by atoms with Crippen molar-refractivity contribution in [2.75, 3.05) is 10.6 Å². The molecule has 3 aromatic rings. The Labute approximate surface area is 198 Å². The molecule has 1 amide bonds. The average Bonchev–Trinajstić information content (AvgIpc) is 2.74. The van der Waals surface area contributed by atoms with Crippen molar-refractivity contribution in [2.24, 2.45) is 5.92 Å². The van der Waals surface area contributed by atoms with E-state index >= 15 is 0 Å². The van der Waals surface area contributed by atoms with Crippen LogP contribution in [0.2, 0.25) is 5.02 Å². The predicted molar refractivity (Wildman–Crippen MR) is 135 cm³/mol. The first-order valence-electron chi connectivity index (χ1n) is 10.5. The van der Waals surface area contributed by atoms with Gasteiger partial charge in [0, 0.05) is 16.0 Å². The summed E-state index contributed by atoms with van der Waals surface area (Å²) >= 11 is 9.77. The smallest absolute Gasteiger partial charge is 0.231 e. The third-order valence-electron chi connectivity index (χ3n) is 5.18. The number of benzene rings is 3. The maximum Gasteiger partial charge on any atom is 0.231 e. The summed E-state index contributed by atoms with van der Waals surface area (Å²) in [5.41, 5.74) is 4.87. The predicted octanol–water partition coefficient (Wildman–Crippen LogP) is 7.66. The molecule has 3 rings (SSSR count). The summed E-state index contributed by atoms with van der Waals surface area (Å²) in [6.45, 7) is 6.91. The van der Waals surface area contributed by atoms with Gasteiger partial charge in [-0.2, -0.15) is 0 Å². The van der Waals surface area contributed by atoms with Crippen LogP contribution in [0, 0.1) is 5.92 Å². The number of nitrogens with one attached hydrogen (secondary N) is 2. The Bertz CT molecular complexity index is 1030. The summed E-state index contributed by atoms with van der Waals surface area (Å²) in [4.78, 5) is 13.0. The molecule has 0 aromatic heterocycles. The van der Waals surface area contributed by atoms with Crippen molar-refractivity contribution in [3.05, 3.63) is 92.9 Å². The number of carbonyl (C=O) groups is 1. The van der Waals surface area contributed by atoms with E-state index in [0.717, 1.165) is 33.4 Å². The fourth-order valence-corrected chi connectivity index (χ4v) is 3.98. The zero-order valence-corrected chi connectivity index (χ0v) is 20.4. The number of rotatable bonds is 8. The van der Waals surface area contributed by atoms with Gasteiger partial charge >= 0.3 is 0 Å². The van der Waals surface area contributed by atoms with Crippen LogP contribution in [-0.4, -0.2) is 5.91 Å². The Morgan fingerprint density at radius 2 is 1.68 bits per heavy atom. The van der Waals surface area contributed by atoms with E-state index in [0.29, 0.717) is 17.5 Å². The monoisotopic (exact) mass is 498 g/mol. The largest absolute Gasteiger partial charge is 0.379 e. The molecule has 0 aliphatic heterocycles. The summed E-state index contributed by atoms with van der Waals surface area (Å²) in [7, 11) is 0. The number of hydrogen-bond donors (Lipinski definition) is 2. The van der Waals surface area contributed by atoms with Crippen LogP contribution in [0.4, 0.5) is 11.4 Å². The fourth-order valence-electron chi connectivity index (χ4n) is 3.41. The van der Waals surface area contributed by atoms with Crippen LogP contribution >= 0.6 is 27.5 Å². The molecule has 0 radical (unpaired) electrons. The van der Waals surface area contributed by atoms with Crippen LogP contribution < -0.4 is 10.6 Å². The third kappa shape index (κ3) is 6.59. The van der Waals surface area contributed by atoms with Crippen molar-refractivity contribution < 1.29 is 4.79 Å². The Morgan fingerprint density at radius 1 is 0.968 bits per heavy atom. The second-order valence-corrected chi connectivity index (χ2v) is 9.51. The Kier molecular flexibility index (Phi) is 8.16. The Hall–Kier alpha value is -2.30. The Balaban J connectivity index is 1.71. The van der Waals surface area contributed by atoms with Gasteiger partial charge in [-0.3, -0.25) is 4.79 Å². The lowest BCUT2D eigenvalue weighted by atomic mass is 9.96. The van der Waals surface area contributed by atoms with E-state index in [4.69, 9.17) is 11.6 Å². The van der Waals surface area contributed by atoms with Crippen molar-refractivity contribution >= 4 is 44.8 Å². The molecule has 162 valence electrons. The van der Waals surface area contributed by atoms with Gasteiger partial charge in [-0.1, -0.05) is 83.8 Å². The molecular formula is C26H28BrClN2O. The van der Waals surface area contributed by atoms with E-state index in [-0.39, 0.29) is 11.8 Å². The van der Waals surface area contributed by atoms with E-state index in [1.165, 1.54) is 5.56 Å². The topological polar surface area (TPSA) is 41.1 Å². The Morgan fingerprint density at radius 3 is 2.35 bits per heavy atom. The van der Waals surface area contributed by atoms with Gasteiger partial charge in [0.05, 0.1) is 17.3 Å². The molecule has 1 atom stereocenters. The number of anilines is 2. The van der Waals surface area contributed by atoms with Crippen molar-refractivity contribution in [1.29, 1.82) is 0 Å². The molecule has 3 nitrogen and oxygen atoms in total. The van der Waals surface area contributed by atoms with Gasteiger partial charge in [0.2, 0.25) is 5.91 Å². The number of halogens is 2. The minimum Gasteiger partial charge on any atom is -0.379 e. The highest BCUT2D eigenvalue weighted by molar-refractivity contribution is 9.10. The SMILES string of the molecule is CC(C)Cc1ccc(C(C)C(=O)Nc2cc(Br)ccc2NCc2ccccc2Cl)cc1. The van der Waals surface area contributed by atoms with Crippen molar-refractivity contribution in [3.63, 3.8) is 0 Å². The van der Waals surface area contributed by atoms with Gasteiger partial charge in [0.25, 0.3) is 0 Å². The molecule has 1 unspecified atom stereocenters. The lowest BCUT2D eigenvalue weighted by Gasteiger charge is -2.17. The summed E-state index contributed by atoms with van der Waals surface area (Å²) in [6, 6.07) is 21.9. The summed E-state index contributed by atoms with van der Waals surface area (Å²) in [5.74, 6) is 0.304. The molecule has 0 aliphatic carbocycles. The third-order valence-corrected chi connectivity index (χ3v) is 6.05. The standard InChI is InChI=1S/C26H28BrClN2O/c1-17(2)14-19-8-10-20(11-9-19)18(3)26(31)30-25-15-22(27)12-13-24(25)29-16-21-6-4-5-7-23(21)28/h4-13,15,17-18,29H,14,16H2,1-3H3,(H,30,31). The summed E-state index contributed by atoms with van der Waals surface area (Å²) < 4.78 is 0.900. The molecular weight excluding hydrogens is 472 g/mol. The molecule has 0 aliphatic rings. The van der Waals surface area contributed by atoms with Gasteiger partial charge in [0.1, 0.15) is 0 Å². The summed E-state index contributed by atoms with van der Waals surface area (Å²) in [6.07, 6.45) is 1.04. The van der Waals surface area contributed by atoms with Gasteiger partial charge in [0.15, 0.2) is 0 Å². The highest BCUT2D eigenvalue weighted by atomic mass is 79.9. The van der Waals surface area contributed by atoms with Crippen molar-refractivity contribution in [1.82, 2.24) is 0 Å². The highest BCUT2D eigenvalue weighted by Gasteiger charge is 2.17. The van der Waals surface area contributed by atoms with Gasteiger partial charge in [-0.15, -0.1) is 0 Å². The lowest BCUT2D eigenvalue weighted by Crippen LogP contribution is -2.20. The number of amides is 1. The average molecular weight is 500 g/mol. The van der Waals surface area contributed by atoms with Crippen molar-refractivity contribution in [2.45, 2.75) is 39.7 Å². The molecule has 31 heavy (non-hydrogen) atoms. The van der Waals surface area contributed by atoms with E-state index in [9.17, 15) is 4.79 Å². The number of carbonyl (C=O) groups excluding carboxylic acids is 1. The first-order chi connectivity index (χ1) is 14.8. The second kappa shape index (κ2) is 10.8. The van der Waals surface area contributed by atoms with E-state index < -0.39 is 0 Å². The minimum absolute atomic E-state index is 0.0458. The molecule has 2 N–H and O–H groups in total. The van der Waals surface area contributed by atoms with Gasteiger partial charge < -0.3 is 10.6 Å². The molecule has 0 fully saturated rings. The molecule has 0 saturated heterocycles. The minimum atomic E-state index is -0.261. The molecule has 0 bridgehead atoms. The lowest BCUT2D eigenvalue weighted by molar-refractivity contribution is -0.117. The highest BCUT2D eigenvalue weighted by Crippen LogP contribution is 2.29. The number of hydrogen-bond acceptors (Lipinski definition) is 2. The van der Waals surface area contributed by atoms with Crippen LogP contribution in [-0.2, 0) is 17.8 Å². The quantitative estimate of drug-likeness (QED) is 0.334. The zero-order chi connectivity index (χ0) is 22.4. The van der Waals surface area contributed by atoms with Crippen LogP contribution in [0.1, 0.15) is 43.4 Å². The van der Waals surface area contributed by atoms with E-state index in [2.05, 4.69) is 64.7 Å². The van der Waals surface area contributed by atoms with Crippen molar-refractivity contribution in [3.8, 4) is 0 Å². The molecule has 0 saturated carbocycles. The molecule has 3 aromatic carbocycles. The zero-order valence-electron chi connectivity index (χ0n) is 18.1. The molecule has 5 heteroatoms. The van der Waals surface area contributed by atoms with E-state index in [1.54, 1.807) is 0 Å². The normalized spacial score (nSPS) is 11.9. The van der Waals surface area contributed by atoms with E-state index in [1.807, 2.05) is 49.4 Å².